The highest BCUT2D eigenvalue weighted by atomic mass is 16.5. The molecule has 2 aromatic carbocycles. The van der Waals surface area contributed by atoms with E-state index in [0.717, 1.165) is 22.1 Å². The van der Waals surface area contributed by atoms with Crippen molar-refractivity contribution in [3.05, 3.63) is 64.9 Å². The van der Waals surface area contributed by atoms with Gasteiger partial charge in [0.1, 0.15) is 0 Å². The number of hydrogen-bond donors (Lipinski definition) is 2. The number of amides is 1. The zero-order valence-electron chi connectivity index (χ0n) is 14.3. The van der Waals surface area contributed by atoms with Crippen LogP contribution in [0.3, 0.4) is 0 Å². The second-order valence-corrected chi connectivity index (χ2v) is 5.87. The van der Waals surface area contributed by atoms with Crippen LogP contribution < -0.4 is 10.1 Å². The number of benzene rings is 2. The summed E-state index contributed by atoms with van der Waals surface area (Å²) in [7, 11) is 1.58. The average Bonchev–Trinajstić information content (AvgIpc) is 2.99. The second-order valence-electron chi connectivity index (χ2n) is 5.87. The number of ether oxygens (including phenoxy) is 1. The lowest BCUT2D eigenvalue weighted by Gasteiger charge is -2.05. The van der Waals surface area contributed by atoms with Gasteiger partial charge in [0, 0.05) is 17.5 Å². The van der Waals surface area contributed by atoms with E-state index in [9.17, 15) is 4.79 Å². The summed E-state index contributed by atoms with van der Waals surface area (Å²) < 4.78 is 11.0. The van der Waals surface area contributed by atoms with E-state index in [1.807, 2.05) is 49.4 Å². The van der Waals surface area contributed by atoms with E-state index >= 15 is 0 Å². The lowest BCUT2D eigenvalue weighted by molar-refractivity contribution is 0.0927. The molecule has 0 saturated carbocycles. The third-order valence-corrected chi connectivity index (χ3v) is 4.26. The predicted molar refractivity (Wildman–Crippen MR) is 95.9 cm³/mol. The minimum Gasteiger partial charge on any atom is -0.493 e. The van der Waals surface area contributed by atoms with E-state index in [-0.39, 0.29) is 12.5 Å². The van der Waals surface area contributed by atoms with Crippen molar-refractivity contribution in [2.45, 2.75) is 20.0 Å². The van der Waals surface area contributed by atoms with Crippen LogP contribution in [0, 0.1) is 6.92 Å². The topological polar surface area (TPSA) is 71.7 Å². The Morgan fingerprint density at radius 3 is 2.56 bits per heavy atom. The van der Waals surface area contributed by atoms with Gasteiger partial charge in [0.2, 0.25) is 0 Å². The summed E-state index contributed by atoms with van der Waals surface area (Å²) in [5.74, 6) is 0.696. The number of fused-ring (bicyclic) bond motifs is 1. The fourth-order valence-corrected chi connectivity index (χ4v) is 2.81. The highest BCUT2D eigenvalue weighted by Crippen LogP contribution is 2.32. The minimum absolute atomic E-state index is 0.0335. The summed E-state index contributed by atoms with van der Waals surface area (Å²) in [4.78, 5) is 12.4. The second kappa shape index (κ2) is 7.40. The smallest absolute Gasteiger partial charge is 0.287 e. The molecule has 0 saturated heterocycles. The van der Waals surface area contributed by atoms with Gasteiger partial charge in [0.25, 0.3) is 5.91 Å². The number of aliphatic hydroxyl groups excluding tert-OH is 1. The SMILES string of the molecule is COc1cccc2c(C)c(C(=O)NCCc3ccc(CO)cc3)oc12. The molecule has 1 amide bonds. The Labute approximate surface area is 146 Å². The molecule has 0 aliphatic carbocycles. The first-order chi connectivity index (χ1) is 12.1. The van der Waals surface area contributed by atoms with Gasteiger partial charge >= 0.3 is 0 Å². The van der Waals surface area contributed by atoms with Crippen LogP contribution in [0.15, 0.2) is 46.9 Å². The normalized spacial score (nSPS) is 10.8. The Morgan fingerprint density at radius 1 is 1.16 bits per heavy atom. The molecule has 5 nitrogen and oxygen atoms in total. The van der Waals surface area contributed by atoms with Crippen LogP contribution in [-0.2, 0) is 13.0 Å². The summed E-state index contributed by atoms with van der Waals surface area (Å²) in [5, 5.41) is 12.8. The monoisotopic (exact) mass is 339 g/mol. The number of hydrogen-bond acceptors (Lipinski definition) is 4. The van der Waals surface area contributed by atoms with Crippen molar-refractivity contribution in [2.24, 2.45) is 0 Å². The largest absolute Gasteiger partial charge is 0.493 e. The molecule has 0 aliphatic rings. The maximum Gasteiger partial charge on any atom is 0.287 e. The molecular formula is C20H21NO4. The highest BCUT2D eigenvalue weighted by molar-refractivity contribution is 6.00. The number of nitrogens with one attached hydrogen (secondary N) is 1. The van der Waals surface area contributed by atoms with Crippen molar-refractivity contribution < 1.29 is 19.1 Å². The molecular weight excluding hydrogens is 318 g/mol. The molecule has 25 heavy (non-hydrogen) atoms. The van der Waals surface area contributed by atoms with Crippen molar-refractivity contribution in [3.63, 3.8) is 0 Å². The van der Waals surface area contributed by atoms with Crippen LogP contribution in [0.4, 0.5) is 0 Å². The molecule has 130 valence electrons. The number of aliphatic hydroxyl groups is 1. The van der Waals surface area contributed by atoms with E-state index in [2.05, 4.69) is 5.32 Å². The van der Waals surface area contributed by atoms with E-state index in [0.29, 0.717) is 30.1 Å². The van der Waals surface area contributed by atoms with Gasteiger partial charge in [-0.15, -0.1) is 0 Å². The van der Waals surface area contributed by atoms with E-state index in [1.165, 1.54) is 0 Å². The van der Waals surface area contributed by atoms with E-state index < -0.39 is 0 Å². The average molecular weight is 339 g/mol. The van der Waals surface area contributed by atoms with Crippen LogP contribution in [0.5, 0.6) is 5.75 Å². The molecule has 5 heteroatoms. The fourth-order valence-electron chi connectivity index (χ4n) is 2.81. The molecule has 0 aliphatic heterocycles. The van der Waals surface area contributed by atoms with Gasteiger partial charge in [0.15, 0.2) is 17.1 Å². The van der Waals surface area contributed by atoms with Gasteiger partial charge in [-0.2, -0.15) is 0 Å². The molecule has 0 unspecified atom stereocenters. The molecule has 0 atom stereocenters. The maximum atomic E-state index is 12.4. The number of rotatable bonds is 6. The quantitative estimate of drug-likeness (QED) is 0.723. The van der Waals surface area contributed by atoms with Gasteiger partial charge in [-0.05, 0) is 30.5 Å². The summed E-state index contributed by atoms with van der Waals surface area (Å²) in [6.07, 6.45) is 0.708. The molecule has 1 heterocycles. The third kappa shape index (κ3) is 3.51. The Morgan fingerprint density at radius 2 is 1.88 bits per heavy atom. The first-order valence-electron chi connectivity index (χ1n) is 8.17. The third-order valence-electron chi connectivity index (χ3n) is 4.26. The minimum atomic E-state index is -0.234. The van der Waals surface area contributed by atoms with Gasteiger partial charge < -0.3 is 19.6 Å². The van der Waals surface area contributed by atoms with Crippen molar-refractivity contribution >= 4 is 16.9 Å². The molecule has 0 bridgehead atoms. The number of aryl methyl sites for hydroxylation is 1. The Bertz CT molecular complexity index is 881. The van der Waals surface area contributed by atoms with Crippen LogP contribution in [0.25, 0.3) is 11.0 Å². The van der Waals surface area contributed by atoms with E-state index in [1.54, 1.807) is 7.11 Å². The summed E-state index contributed by atoms with van der Waals surface area (Å²) in [5.41, 5.74) is 3.37. The number of furan rings is 1. The Hall–Kier alpha value is -2.79. The van der Waals surface area contributed by atoms with Crippen LogP contribution >= 0.6 is 0 Å². The molecule has 1 aromatic heterocycles. The predicted octanol–water partition coefficient (Wildman–Crippen LogP) is 3.21. The van der Waals surface area contributed by atoms with Crippen molar-refractivity contribution in [3.8, 4) is 5.75 Å². The van der Waals surface area contributed by atoms with Crippen LogP contribution in [0.1, 0.15) is 27.2 Å². The fraction of sp³-hybridized carbons (Fsp3) is 0.250. The van der Waals surface area contributed by atoms with Crippen LogP contribution in [0.2, 0.25) is 0 Å². The van der Waals surface area contributed by atoms with Gasteiger partial charge in [-0.1, -0.05) is 36.4 Å². The summed E-state index contributed by atoms with van der Waals surface area (Å²) in [6, 6.07) is 13.3. The number of carbonyl (C=O) groups is 1. The highest BCUT2D eigenvalue weighted by Gasteiger charge is 2.19. The van der Waals surface area contributed by atoms with Gasteiger partial charge in [0.05, 0.1) is 13.7 Å². The van der Waals surface area contributed by atoms with Gasteiger partial charge in [-0.25, -0.2) is 0 Å². The molecule has 3 rings (SSSR count). The molecule has 0 spiro atoms. The first-order valence-corrected chi connectivity index (χ1v) is 8.17. The van der Waals surface area contributed by atoms with Crippen molar-refractivity contribution in [1.82, 2.24) is 5.32 Å². The van der Waals surface area contributed by atoms with E-state index in [4.69, 9.17) is 14.3 Å². The number of carbonyl (C=O) groups excluding carboxylic acids is 1. The van der Waals surface area contributed by atoms with Crippen molar-refractivity contribution in [1.29, 1.82) is 0 Å². The maximum absolute atomic E-state index is 12.4. The summed E-state index contributed by atoms with van der Waals surface area (Å²) in [6.45, 7) is 2.41. The number of para-hydroxylation sites is 1. The van der Waals surface area contributed by atoms with Gasteiger partial charge in [-0.3, -0.25) is 4.79 Å². The lowest BCUT2D eigenvalue weighted by Crippen LogP contribution is -2.25. The molecule has 0 fully saturated rings. The lowest BCUT2D eigenvalue weighted by atomic mass is 10.1. The zero-order valence-corrected chi connectivity index (χ0v) is 14.3. The first kappa shape index (κ1) is 17.0. The number of methoxy groups -OCH3 is 1. The Balaban J connectivity index is 1.68. The van der Waals surface area contributed by atoms with Crippen molar-refractivity contribution in [2.75, 3.05) is 13.7 Å². The summed E-state index contributed by atoms with van der Waals surface area (Å²) >= 11 is 0. The molecule has 3 aromatic rings. The Kier molecular flexibility index (Phi) is 5.05. The van der Waals surface area contributed by atoms with Crippen LogP contribution in [-0.4, -0.2) is 24.7 Å². The zero-order chi connectivity index (χ0) is 17.8. The molecule has 0 radical (unpaired) electrons. The molecule has 2 N–H and O–H groups in total. The standard InChI is InChI=1S/C20H21NO4/c1-13-16-4-3-5-17(24-2)19(16)25-18(13)20(23)21-11-10-14-6-8-15(12-22)9-7-14/h3-9,22H,10-12H2,1-2H3,(H,21,23).